The first kappa shape index (κ1) is 13.4. The molecule has 1 aromatic carbocycles. The topological polar surface area (TPSA) is 112 Å². The van der Waals surface area contributed by atoms with Crippen LogP contribution >= 0.6 is 0 Å². The van der Waals surface area contributed by atoms with Crippen LogP contribution in [0.4, 0.5) is 11.4 Å². The van der Waals surface area contributed by atoms with Crippen LogP contribution in [-0.2, 0) is 0 Å². The molecule has 0 atom stereocenters. The number of benzene rings is 1. The fraction of sp³-hybridized carbons (Fsp3) is 0.0833. The zero-order valence-corrected chi connectivity index (χ0v) is 10.3. The second-order valence-corrected chi connectivity index (χ2v) is 3.92. The highest BCUT2D eigenvalue weighted by Crippen LogP contribution is 2.24. The summed E-state index contributed by atoms with van der Waals surface area (Å²) in [5.41, 5.74) is 0.629. The molecule has 0 spiro atoms. The summed E-state index contributed by atoms with van der Waals surface area (Å²) in [5, 5.41) is 24.9. The van der Waals surface area contributed by atoms with Crippen LogP contribution in [0.15, 0.2) is 28.8 Å². The zero-order chi connectivity index (χ0) is 14.7. The summed E-state index contributed by atoms with van der Waals surface area (Å²) >= 11 is 0. The molecule has 8 nitrogen and oxygen atoms in total. The minimum atomic E-state index is -0.568. The van der Waals surface area contributed by atoms with Crippen molar-refractivity contribution in [1.29, 1.82) is 0 Å². The number of rotatable bonds is 4. The van der Waals surface area contributed by atoms with Gasteiger partial charge in [0.25, 0.3) is 5.69 Å². The van der Waals surface area contributed by atoms with Gasteiger partial charge in [-0.1, -0.05) is 11.2 Å². The quantitative estimate of drug-likeness (QED) is 0.626. The second kappa shape index (κ2) is 5.31. The van der Waals surface area contributed by atoms with E-state index >= 15 is 0 Å². The first-order valence-electron chi connectivity index (χ1n) is 5.52. The Bertz CT molecular complexity index is 688. The van der Waals surface area contributed by atoms with Gasteiger partial charge >= 0.3 is 5.69 Å². The van der Waals surface area contributed by atoms with Crippen molar-refractivity contribution in [3.05, 3.63) is 61.5 Å². The molecule has 1 aromatic heterocycles. The molecule has 2 rings (SSSR count). The number of nitrogens with zero attached hydrogens (tertiary/aromatic N) is 3. The molecule has 0 fully saturated rings. The minimum Gasteiger partial charge on any atom is -0.349 e. The van der Waals surface area contributed by atoms with Gasteiger partial charge in [-0.3, -0.25) is 20.2 Å². The lowest BCUT2D eigenvalue weighted by Gasteiger charge is -1.93. The van der Waals surface area contributed by atoms with E-state index in [0.717, 1.165) is 0 Å². The fourth-order valence-corrected chi connectivity index (χ4v) is 1.59. The van der Waals surface area contributed by atoms with Gasteiger partial charge in [-0.2, -0.15) is 0 Å². The fourth-order valence-electron chi connectivity index (χ4n) is 1.59. The van der Waals surface area contributed by atoms with Gasteiger partial charge in [0.2, 0.25) is 5.76 Å². The highest BCUT2D eigenvalue weighted by molar-refractivity contribution is 5.72. The van der Waals surface area contributed by atoms with Crippen LogP contribution in [0.25, 0.3) is 12.2 Å². The van der Waals surface area contributed by atoms with Crippen molar-refractivity contribution < 1.29 is 14.4 Å². The summed E-state index contributed by atoms with van der Waals surface area (Å²) in [5.74, 6) is 0.0332. The van der Waals surface area contributed by atoms with E-state index < -0.39 is 9.85 Å². The molecule has 0 saturated carbocycles. The third kappa shape index (κ3) is 2.69. The predicted octanol–water partition coefficient (Wildman–Crippen LogP) is 2.97. The molecule has 0 aliphatic heterocycles. The highest BCUT2D eigenvalue weighted by atomic mass is 16.6. The van der Waals surface area contributed by atoms with E-state index in [2.05, 4.69) is 5.16 Å². The van der Waals surface area contributed by atoms with Gasteiger partial charge in [0.1, 0.15) is 0 Å². The smallest absolute Gasteiger partial charge is 0.338 e. The van der Waals surface area contributed by atoms with Crippen molar-refractivity contribution in [2.24, 2.45) is 0 Å². The van der Waals surface area contributed by atoms with Crippen molar-refractivity contribution in [2.45, 2.75) is 6.92 Å². The molecular formula is C12H9N3O5. The summed E-state index contributed by atoms with van der Waals surface area (Å²) in [6.45, 7) is 1.48. The van der Waals surface area contributed by atoms with E-state index in [0.29, 0.717) is 5.56 Å². The molecule has 0 unspecified atom stereocenters. The molecule has 0 aliphatic carbocycles. The Labute approximate surface area is 112 Å². The normalized spacial score (nSPS) is 10.8. The molecule has 0 N–H and O–H groups in total. The molecule has 0 aliphatic rings. The number of non-ortho nitro benzene ring substituents is 1. The van der Waals surface area contributed by atoms with Gasteiger partial charge in [0, 0.05) is 12.1 Å². The Morgan fingerprint density at radius 1 is 1.10 bits per heavy atom. The largest absolute Gasteiger partial charge is 0.349 e. The summed E-state index contributed by atoms with van der Waals surface area (Å²) < 4.78 is 4.85. The number of hydrogen-bond donors (Lipinski definition) is 0. The van der Waals surface area contributed by atoms with E-state index in [1.54, 1.807) is 6.08 Å². The number of nitro groups is 2. The average molecular weight is 275 g/mol. The van der Waals surface area contributed by atoms with Crippen LogP contribution in [0.3, 0.4) is 0 Å². The lowest BCUT2D eigenvalue weighted by atomic mass is 10.2. The third-order valence-electron chi connectivity index (χ3n) is 2.57. The first-order chi connectivity index (χ1) is 9.49. The Hall–Kier alpha value is -3.03. The third-order valence-corrected chi connectivity index (χ3v) is 2.57. The molecule has 0 bridgehead atoms. The van der Waals surface area contributed by atoms with Crippen molar-refractivity contribution in [2.75, 3.05) is 0 Å². The second-order valence-electron chi connectivity index (χ2n) is 3.92. The van der Waals surface area contributed by atoms with E-state index in [-0.39, 0.29) is 22.8 Å². The predicted molar refractivity (Wildman–Crippen MR) is 69.9 cm³/mol. The van der Waals surface area contributed by atoms with Crippen molar-refractivity contribution in [3.8, 4) is 0 Å². The molecule has 0 amide bonds. The van der Waals surface area contributed by atoms with Crippen LogP contribution in [-0.4, -0.2) is 15.0 Å². The highest BCUT2D eigenvalue weighted by Gasteiger charge is 2.21. The van der Waals surface area contributed by atoms with Gasteiger partial charge in [0.15, 0.2) is 5.69 Å². The van der Waals surface area contributed by atoms with Crippen molar-refractivity contribution >= 4 is 23.5 Å². The molecule has 0 radical (unpaired) electrons. The maximum Gasteiger partial charge on any atom is 0.338 e. The number of nitro benzene ring substituents is 1. The van der Waals surface area contributed by atoms with Crippen molar-refractivity contribution in [1.82, 2.24) is 5.16 Å². The molecule has 0 saturated heterocycles. The Morgan fingerprint density at radius 2 is 1.75 bits per heavy atom. The number of hydrogen-bond acceptors (Lipinski definition) is 6. The molecule has 1 heterocycles. The monoisotopic (exact) mass is 275 g/mol. The van der Waals surface area contributed by atoms with Gasteiger partial charge in [-0.15, -0.1) is 0 Å². The first-order valence-corrected chi connectivity index (χ1v) is 5.52. The minimum absolute atomic E-state index is 0.0244. The van der Waals surface area contributed by atoms with Crippen LogP contribution in [0.2, 0.25) is 0 Å². The van der Waals surface area contributed by atoms with Gasteiger partial charge in [-0.25, -0.2) is 0 Å². The SMILES string of the molecule is Cc1noc(/C=C\c2ccc([N+](=O)[O-])cc2)c1[N+](=O)[O-]. The molecule has 8 heteroatoms. The summed E-state index contributed by atoms with van der Waals surface area (Å²) in [6, 6.07) is 5.76. The number of aryl methyl sites for hydroxylation is 1. The van der Waals surface area contributed by atoms with Crippen molar-refractivity contribution in [3.63, 3.8) is 0 Å². The molecule has 2 aromatic rings. The Balaban J connectivity index is 2.25. The lowest BCUT2D eigenvalue weighted by molar-refractivity contribution is -0.386. The van der Waals surface area contributed by atoms with Gasteiger partial charge in [-0.05, 0) is 30.7 Å². The van der Waals surface area contributed by atoms with Crippen LogP contribution in [0.5, 0.6) is 0 Å². The van der Waals surface area contributed by atoms with Gasteiger partial charge in [0.05, 0.1) is 9.85 Å². The molecule has 102 valence electrons. The number of aromatic nitrogens is 1. The Kier molecular flexibility index (Phi) is 3.56. The maximum atomic E-state index is 10.8. The van der Waals surface area contributed by atoms with Crippen LogP contribution in [0, 0.1) is 27.2 Å². The average Bonchev–Trinajstić information content (AvgIpc) is 2.78. The van der Waals surface area contributed by atoms with E-state index in [4.69, 9.17) is 4.52 Å². The lowest BCUT2D eigenvalue weighted by Crippen LogP contribution is -1.90. The standard InChI is InChI=1S/C12H9N3O5/c1-8-12(15(18)19)11(20-13-8)7-4-9-2-5-10(6-3-9)14(16)17/h2-7H,1H3/b7-4-. The van der Waals surface area contributed by atoms with Crippen LogP contribution < -0.4 is 0 Å². The molecular weight excluding hydrogens is 266 g/mol. The van der Waals surface area contributed by atoms with Crippen LogP contribution in [0.1, 0.15) is 17.0 Å². The zero-order valence-electron chi connectivity index (χ0n) is 10.3. The van der Waals surface area contributed by atoms with E-state index in [1.807, 2.05) is 0 Å². The Morgan fingerprint density at radius 3 is 2.30 bits per heavy atom. The maximum absolute atomic E-state index is 10.8. The summed E-state index contributed by atoms with van der Waals surface area (Å²) in [4.78, 5) is 20.3. The van der Waals surface area contributed by atoms with E-state index in [9.17, 15) is 20.2 Å². The van der Waals surface area contributed by atoms with Gasteiger partial charge < -0.3 is 4.52 Å². The van der Waals surface area contributed by atoms with E-state index in [1.165, 1.54) is 37.3 Å². The summed E-state index contributed by atoms with van der Waals surface area (Å²) in [7, 11) is 0. The molecule has 20 heavy (non-hydrogen) atoms. The summed E-state index contributed by atoms with van der Waals surface area (Å²) in [6.07, 6.45) is 2.95.